The Kier molecular flexibility index (Phi) is 8.21. The molecule has 0 aliphatic heterocycles. The third-order valence-electron chi connectivity index (χ3n) is 3.04. The number of anilines is 1. The summed E-state index contributed by atoms with van der Waals surface area (Å²) in [5, 5.41) is 5.73. The van der Waals surface area contributed by atoms with Crippen LogP contribution in [0.15, 0.2) is 29.3 Å². The summed E-state index contributed by atoms with van der Waals surface area (Å²) in [6, 6.07) is 7.10. The largest absolute Gasteiger partial charge is 0.370 e. The number of carbonyl (C=O) groups excluding carboxylic acids is 1. The van der Waals surface area contributed by atoms with Crippen molar-refractivity contribution in [3.05, 3.63) is 29.8 Å². The molecule has 118 valence electrons. The fourth-order valence-electron chi connectivity index (χ4n) is 1.87. The molecule has 5 nitrogen and oxygen atoms in total. The van der Waals surface area contributed by atoms with E-state index >= 15 is 0 Å². The number of amides is 1. The zero-order valence-electron chi connectivity index (χ0n) is 13.1. The van der Waals surface area contributed by atoms with Gasteiger partial charge in [-0.15, -0.1) is 6.42 Å². The van der Waals surface area contributed by atoms with Crippen molar-refractivity contribution in [2.75, 3.05) is 18.4 Å². The molecule has 1 aromatic rings. The molecular formula is C17H24N4O. The Morgan fingerprint density at radius 1 is 1.36 bits per heavy atom. The first-order chi connectivity index (χ1) is 10.7. The fourth-order valence-corrected chi connectivity index (χ4v) is 1.87. The number of nitrogens with one attached hydrogen (secondary N) is 2. The molecule has 0 saturated heterocycles. The van der Waals surface area contributed by atoms with Crippen molar-refractivity contribution in [2.24, 2.45) is 10.7 Å². The van der Waals surface area contributed by atoms with Crippen molar-refractivity contribution in [2.45, 2.75) is 32.6 Å². The van der Waals surface area contributed by atoms with Gasteiger partial charge < -0.3 is 16.4 Å². The molecule has 0 spiro atoms. The van der Waals surface area contributed by atoms with E-state index in [4.69, 9.17) is 12.2 Å². The van der Waals surface area contributed by atoms with Crippen LogP contribution in [0, 0.1) is 12.3 Å². The highest BCUT2D eigenvalue weighted by Crippen LogP contribution is 2.09. The summed E-state index contributed by atoms with van der Waals surface area (Å²) in [5.41, 5.74) is 7.08. The quantitative estimate of drug-likeness (QED) is 0.298. The molecule has 1 aromatic carbocycles. The number of benzene rings is 1. The lowest BCUT2D eigenvalue weighted by molar-refractivity contribution is -0.114. The lowest BCUT2D eigenvalue weighted by Crippen LogP contribution is -2.33. The number of hydrogen-bond donors (Lipinski definition) is 3. The maximum absolute atomic E-state index is 11.8. The van der Waals surface area contributed by atoms with Crippen molar-refractivity contribution < 1.29 is 4.79 Å². The van der Waals surface area contributed by atoms with Crippen LogP contribution < -0.4 is 16.4 Å². The third kappa shape index (κ3) is 7.34. The highest BCUT2D eigenvalue weighted by Gasteiger charge is 2.02. The number of carbonyl (C=O) groups is 1. The molecule has 0 unspecified atom stereocenters. The van der Waals surface area contributed by atoms with Gasteiger partial charge in [0.1, 0.15) is 6.54 Å². The second kappa shape index (κ2) is 10.3. The average molecular weight is 300 g/mol. The minimum absolute atomic E-state index is 0.0198. The van der Waals surface area contributed by atoms with Crippen molar-refractivity contribution in [3.8, 4) is 12.3 Å². The summed E-state index contributed by atoms with van der Waals surface area (Å²) in [6.07, 6.45) is 9.95. The third-order valence-corrected chi connectivity index (χ3v) is 3.04. The number of rotatable bonds is 8. The molecule has 0 aliphatic rings. The van der Waals surface area contributed by atoms with Gasteiger partial charge in [0.2, 0.25) is 5.91 Å². The van der Waals surface area contributed by atoms with Crippen molar-refractivity contribution in [1.29, 1.82) is 0 Å². The lowest BCUT2D eigenvalue weighted by atomic mass is 10.2. The summed E-state index contributed by atoms with van der Waals surface area (Å²) >= 11 is 0. The summed E-state index contributed by atoms with van der Waals surface area (Å²) in [4.78, 5) is 15.8. The number of unbranched alkanes of at least 4 members (excludes halogenated alkanes) is 3. The van der Waals surface area contributed by atoms with E-state index in [1.54, 1.807) is 24.3 Å². The number of terminal acetylenes is 1. The standard InChI is InChI=1S/C17H24N4O/c1-3-5-6-7-11-19-17(18)20-13-16(22)21-15-10-8-9-14(4-2)12-15/h2,8-10,12H,3,5-7,11,13H2,1H3,(H,21,22)(H3,18,19,20). The number of aliphatic imine (C=N–C) groups is 1. The Morgan fingerprint density at radius 2 is 2.18 bits per heavy atom. The van der Waals surface area contributed by atoms with Crippen LogP contribution in [0.4, 0.5) is 5.69 Å². The second-order valence-corrected chi connectivity index (χ2v) is 4.96. The molecule has 0 aliphatic carbocycles. The first kappa shape index (κ1) is 17.6. The predicted molar refractivity (Wildman–Crippen MR) is 91.6 cm³/mol. The van der Waals surface area contributed by atoms with E-state index in [9.17, 15) is 4.79 Å². The molecule has 5 heteroatoms. The molecule has 1 amide bonds. The van der Waals surface area contributed by atoms with Crippen LogP contribution in [0.25, 0.3) is 0 Å². The average Bonchev–Trinajstić information content (AvgIpc) is 2.53. The molecule has 0 fully saturated rings. The zero-order valence-corrected chi connectivity index (χ0v) is 13.1. The van der Waals surface area contributed by atoms with Crippen LogP contribution in [-0.4, -0.2) is 25.0 Å². The molecular weight excluding hydrogens is 276 g/mol. The van der Waals surface area contributed by atoms with Gasteiger partial charge in [-0.1, -0.05) is 38.2 Å². The summed E-state index contributed by atoms with van der Waals surface area (Å²) in [6.45, 7) is 2.93. The highest BCUT2D eigenvalue weighted by molar-refractivity contribution is 5.94. The van der Waals surface area contributed by atoms with E-state index in [1.165, 1.54) is 19.3 Å². The maximum Gasteiger partial charge on any atom is 0.246 e. The Morgan fingerprint density at radius 3 is 2.91 bits per heavy atom. The van der Waals surface area contributed by atoms with Gasteiger partial charge in [0.05, 0.1) is 0 Å². The summed E-state index contributed by atoms with van der Waals surface area (Å²) in [7, 11) is 0. The second-order valence-electron chi connectivity index (χ2n) is 4.96. The summed E-state index contributed by atoms with van der Waals surface area (Å²) in [5.74, 6) is 2.58. The maximum atomic E-state index is 11.8. The van der Waals surface area contributed by atoms with Crippen LogP contribution >= 0.6 is 0 Å². The van der Waals surface area contributed by atoms with Gasteiger partial charge >= 0.3 is 0 Å². The highest BCUT2D eigenvalue weighted by atomic mass is 16.1. The van der Waals surface area contributed by atoms with E-state index in [1.807, 2.05) is 0 Å². The van der Waals surface area contributed by atoms with Crippen LogP contribution in [0.2, 0.25) is 0 Å². The van der Waals surface area contributed by atoms with Crippen LogP contribution in [0.3, 0.4) is 0 Å². The molecule has 0 atom stereocenters. The van der Waals surface area contributed by atoms with E-state index in [0.717, 1.165) is 18.5 Å². The van der Waals surface area contributed by atoms with Crippen molar-refractivity contribution >= 4 is 17.6 Å². The van der Waals surface area contributed by atoms with Crippen LogP contribution in [-0.2, 0) is 4.79 Å². The van der Waals surface area contributed by atoms with E-state index in [-0.39, 0.29) is 12.5 Å². The molecule has 4 N–H and O–H groups in total. The topological polar surface area (TPSA) is 79.5 Å². The molecule has 0 radical (unpaired) electrons. The van der Waals surface area contributed by atoms with Gasteiger partial charge in [-0.3, -0.25) is 4.79 Å². The molecule has 0 aromatic heterocycles. The van der Waals surface area contributed by atoms with Gasteiger partial charge in [-0.05, 0) is 24.6 Å². The van der Waals surface area contributed by atoms with Gasteiger partial charge in [-0.2, -0.15) is 0 Å². The van der Waals surface area contributed by atoms with Gasteiger partial charge in [0, 0.05) is 17.8 Å². The van der Waals surface area contributed by atoms with Crippen LogP contribution in [0.5, 0.6) is 0 Å². The number of hydrogen-bond acceptors (Lipinski definition) is 2. The molecule has 0 bridgehead atoms. The number of guanidine groups is 1. The number of nitrogens with zero attached hydrogens (tertiary/aromatic N) is 1. The van der Waals surface area contributed by atoms with E-state index < -0.39 is 0 Å². The normalized spacial score (nSPS) is 10.8. The Bertz CT molecular complexity index is 546. The first-order valence-electron chi connectivity index (χ1n) is 7.56. The van der Waals surface area contributed by atoms with E-state index in [2.05, 4.69) is 28.5 Å². The zero-order chi connectivity index (χ0) is 16.2. The van der Waals surface area contributed by atoms with Gasteiger partial charge in [0.25, 0.3) is 0 Å². The Labute approximate surface area is 132 Å². The first-order valence-corrected chi connectivity index (χ1v) is 7.56. The number of nitrogens with two attached hydrogens (primary N) is 1. The molecule has 1 rings (SSSR count). The Hall–Kier alpha value is -2.48. The van der Waals surface area contributed by atoms with Gasteiger partial charge in [0.15, 0.2) is 5.96 Å². The predicted octanol–water partition coefficient (Wildman–Crippen LogP) is 2.09. The van der Waals surface area contributed by atoms with Crippen molar-refractivity contribution in [3.63, 3.8) is 0 Å². The SMILES string of the molecule is C#Cc1cccc(NC(=O)CN=C(N)NCCCCCC)c1. The summed E-state index contributed by atoms with van der Waals surface area (Å²) < 4.78 is 0. The molecule has 0 heterocycles. The van der Waals surface area contributed by atoms with Crippen LogP contribution in [0.1, 0.15) is 38.2 Å². The molecule has 22 heavy (non-hydrogen) atoms. The van der Waals surface area contributed by atoms with Gasteiger partial charge in [-0.25, -0.2) is 4.99 Å². The Balaban J connectivity index is 2.32. The molecule has 0 saturated carbocycles. The minimum Gasteiger partial charge on any atom is -0.370 e. The van der Waals surface area contributed by atoms with E-state index in [0.29, 0.717) is 11.6 Å². The minimum atomic E-state index is -0.232. The van der Waals surface area contributed by atoms with Crippen molar-refractivity contribution in [1.82, 2.24) is 5.32 Å². The smallest absolute Gasteiger partial charge is 0.246 e. The monoisotopic (exact) mass is 300 g/mol. The lowest BCUT2D eigenvalue weighted by Gasteiger charge is -2.06. The fraction of sp³-hybridized carbons (Fsp3) is 0.412.